The summed E-state index contributed by atoms with van der Waals surface area (Å²) in [6.07, 6.45) is 0.244. The first kappa shape index (κ1) is 28.6. The van der Waals surface area contributed by atoms with Crippen LogP contribution in [0.4, 0.5) is 4.79 Å². The highest BCUT2D eigenvalue weighted by Gasteiger charge is 2.40. The minimum Gasteiger partial charge on any atom is -0.453 e. The molecule has 2 aromatic rings. The summed E-state index contributed by atoms with van der Waals surface area (Å²) in [6, 6.07) is 4.26. The summed E-state index contributed by atoms with van der Waals surface area (Å²) in [5, 5.41) is 9.34. The number of rotatable bonds is 9. The molecular weight excluding hydrogens is 494 g/mol. The van der Waals surface area contributed by atoms with Crippen LogP contribution in [0.2, 0.25) is 0 Å². The highest BCUT2D eigenvalue weighted by Crippen LogP contribution is 2.21. The van der Waals surface area contributed by atoms with Crippen LogP contribution in [0.3, 0.4) is 0 Å². The van der Waals surface area contributed by atoms with Crippen molar-refractivity contribution in [3.8, 4) is 5.69 Å². The molecule has 1 aromatic carbocycles. The second-order valence-electron chi connectivity index (χ2n) is 10.1. The number of nitrogens with one attached hydrogen (secondary N) is 2. The van der Waals surface area contributed by atoms with E-state index in [0.717, 1.165) is 10.2 Å². The van der Waals surface area contributed by atoms with Crippen LogP contribution in [0.25, 0.3) is 5.69 Å². The molecular formula is C26H35N5O7. The van der Waals surface area contributed by atoms with Crippen molar-refractivity contribution in [2.24, 2.45) is 11.8 Å². The Hall–Kier alpha value is -3.96. The zero-order chi connectivity index (χ0) is 28.1. The van der Waals surface area contributed by atoms with Crippen LogP contribution in [-0.4, -0.2) is 70.2 Å². The van der Waals surface area contributed by atoms with Crippen molar-refractivity contribution < 1.29 is 28.3 Å². The fourth-order valence-electron chi connectivity index (χ4n) is 4.40. The van der Waals surface area contributed by atoms with Gasteiger partial charge in [0.05, 0.1) is 18.8 Å². The molecule has 0 unspecified atom stereocenters. The molecule has 0 radical (unpaired) electrons. The smallest absolute Gasteiger partial charge is 0.442 e. The van der Waals surface area contributed by atoms with Crippen molar-refractivity contribution in [3.05, 3.63) is 46.3 Å². The summed E-state index contributed by atoms with van der Waals surface area (Å²) in [4.78, 5) is 65.5. The summed E-state index contributed by atoms with van der Waals surface area (Å²) in [5.74, 6) is -3.42. The van der Waals surface area contributed by atoms with E-state index >= 15 is 0 Å². The third kappa shape index (κ3) is 6.29. The molecule has 12 nitrogen and oxygen atoms in total. The Morgan fingerprint density at radius 1 is 1.08 bits per heavy atom. The predicted molar refractivity (Wildman–Crippen MR) is 137 cm³/mol. The molecule has 1 aliphatic heterocycles. The number of Topliss-reactive ketones (excluding diaryl/α,β-unsaturated/α-hetero) is 1. The van der Waals surface area contributed by atoms with Crippen LogP contribution in [0.5, 0.6) is 0 Å². The molecule has 3 rings (SSSR count). The van der Waals surface area contributed by atoms with Gasteiger partial charge in [-0.25, -0.2) is 9.59 Å². The zero-order valence-corrected chi connectivity index (χ0v) is 22.5. The third-order valence-electron chi connectivity index (χ3n) is 6.48. The van der Waals surface area contributed by atoms with Gasteiger partial charge in [0.25, 0.3) is 5.89 Å². The molecule has 1 saturated heterocycles. The lowest BCUT2D eigenvalue weighted by Crippen LogP contribution is -2.57. The third-order valence-corrected chi connectivity index (χ3v) is 6.48. The van der Waals surface area contributed by atoms with Crippen LogP contribution in [0.1, 0.15) is 56.8 Å². The van der Waals surface area contributed by atoms with Gasteiger partial charge in [0.1, 0.15) is 12.1 Å². The average Bonchev–Trinajstić information content (AvgIpc) is 3.51. The molecule has 2 N–H and O–H groups in total. The molecule has 38 heavy (non-hydrogen) atoms. The number of hydrogen-bond donors (Lipinski definition) is 2. The molecule has 0 bridgehead atoms. The largest absolute Gasteiger partial charge is 0.453 e. The molecule has 0 saturated carbocycles. The van der Waals surface area contributed by atoms with Crippen molar-refractivity contribution in [3.63, 3.8) is 0 Å². The van der Waals surface area contributed by atoms with E-state index in [1.54, 1.807) is 45.9 Å². The Bertz CT molecular complexity index is 1250. The molecule has 1 fully saturated rings. The van der Waals surface area contributed by atoms with E-state index in [1.807, 2.05) is 13.0 Å². The Kier molecular flexibility index (Phi) is 9.08. The van der Waals surface area contributed by atoms with Crippen LogP contribution in [0, 0.1) is 18.8 Å². The summed E-state index contributed by atoms with van der Waals surface area (Å²) >= 11 is 0. The van der Waals surface area contributed by atoms with Gasteiger partial charge in [0, 0.05) is 6.54 Å². The number of amides is 3. The maximum atomic E-state index is 13.3. The summed E-state index contributed by atoms with van der Waals surface area (Å²) in [6.45, 7) is 9.23. The van der Waals surface area contributed by atoms with Crippen LogP contribution >= 0.6 is 0 Å². The van der Waals surface area contributed by atoms with E-state index in [0.29, 0.717) is 25.1 Å². The van der Waals surface area contributed by atoms with Crippen LogP contribution < -0.4 is 16.4 Å². The zero-order valence-electron chi connectivity index (χ0n) is 22.5. The van der Waals surface area contributed by atoms with Gasteiger partial charge < -0.3 is 24.7 Å². The highest BCUT2D eigenvalue weighted by molar-refractivity contribution is 6.00. The molecule has 1 aliphatic rings. The van der Waals surface area contributed by atoms with E-state index in [1.165, 1.54) is 12.0 Å². The van der Waals surface area contributed by atoms with Gasteiger partial charge in [-0.05, 0) is 49.3 Å². The number of carbonyl (C=O) groups is 4. The van der Waals surface area contributed by atoms with E-state index in [4.69, 9.17) is 4.42 Å². The number of alkyl carbamates (subject to hydrolysis) is 1. The van der Waals surface area contributed by atoms with Crippen molar-refractivity contribution >= 4 is 23.7 Å². The number of ether oxygens (including phenoxy) is 1. The maximum absolute atomic E-state index is 13.3. The highest BCUT2D eigenvalue weighted by atomic mass is 16.5. The Morgan fingerprint density at radius 3 is 2.37 bits per heavy atom. The molecule has 0 spiro atoms. The second-order valence-corrected chi connectivity index (χ2v) is 10.1. The van der Waals surface area contributed by atoms with E-state index < -0.39 is 53.5 Å². The standard InChI is InChI=1S/C26H35N5O7/c1-14(2)19(21(32)23-29-31(26(36)38-23)17-10-7-9-16(5)13-17)27-22(33)18-11-8-12-30(18)24(34)20(15(3)4)28-25(35)37-6/h7,9-10,13-15,18-20H,8,11-12H2,1-6H3,(H,27,33)(H,28,35)/t18-,19-,20-/m0/s1. The normalized spacial score (nSPS) is 16.8. The van der Waals surface area contributed by atoms with Gasteiger partial charge in [-0.15, -0.1) is 5.10 Å². The Balaban J connectivity index is 1.79. The molecule has 2 heterocycles. The molecule has 12 heteroatoms. The van der Waals surface area contributed by atoms with Crippen molar-refractivity contribution in [2.75, 3.05) is 13.7 Å². The number of carbonyl (C=O) groups excluding carboxylic acids is 4. The van der Waals surface area contributed by atoms with Crippen LogP contribution in [0.15, 0.2) is 33.5 Å². The van der Waals surface area contributed by atoms with Gasteiger partial charge >= 0.3 is 11.8 Å². The number of aryl methyl sites for hydroxylation is 1. The lowest BCUT2D eigenvalue weighted by atomic mass is 9.98. The summed E-state index contributed by atoms with van der Waals surface area (Å²) in [7, 11) is 1.21. The Morgan fingerprint density at radius 2 is 1.76 bits per heavy atom. The predicted octanol–water partition coefficient (Wildman–Crippen LogP) is 1.83. The minimum absolute atomic E-state index is 0.248. The molecule has 206 valence electrons. The van der Waals surface area contributed by atoms with E-state index in [9.17, 15) is 24.0 Å². The molecule has 3 amide bonds. The van der Waals surface area contributed by atoms with E-state index in [-0.39, 0.29) is 11.8 Å². The fraction of sp³-hybridized carbons (Fsp3) is 0.538. The van der Waals surface area contributed by atoms with Crippen LogP contribution in [-0.2, 0) is 14.3 Å². The van der Waals surface area contributed by atoms with Crippen molar-refractivity contribution in [2.45, 2.75) is 65.6 Å². The second kappa shape index (κ2) is 12.1. The van der Waals surface area contributed by atoms with E-state index in [2.05, 4.69) is 20.5 Å². The number of nitrogens with zero attached hydrogens (tertiary/aromatic N) is 3. The first-order chi connectivity index (χ1) is 17.9. The number of ketones is 1. The summed E-state index contributed by atoms with van der Waals surface area (Å²) < 4.78 is 10.8. The number of likely N-dealkylation sites (tertiary alicyclic amines) is 1. The van der Waals surface area contributed by atoms with Gasteiger partial charge in [-0.3, -0.25) is 14.4 Å². The minimum atomic E-state index is -1.04. The molecule has 0 aliphatic carbocycles. The maximum Gasteiger partial charge on any atom is 0.442 e. The first-order valence-electron chi connectivity index (χ1n) is 12.6. The number of hydrogen-bond acceptors (Lipinski definition) is 8. The first-order valence-corrected chi connectivity index (χ1v) is 12.6. The summed E-state index contributed by atoms with van der Waals surface area (Å²) in [5.41, 5.74) is 1.35. The number of benzene rings is 1. The Labute approximate surface area is 220 Å². The molecule has 3 atom stereocenters. The van der Waals surface area contributed by atoms with Gasteiger partial charge in [-0.1, -0.05) is 39.8 Å². The lowest BCUT2D eigenvalue weighted by molar-refractivity contribution is -0.141. The van der Waals surface area contributed by atoms with Crippen molar-refractivity contribution in [1.29, 1.82) is 0 Å². The van der Waals surface area contributed by atoms with Gasteiger partial charge in [0.15, 0.2) is 0 Å². The fourth-order valence-corrected chi connectivity index (χ4v) is 4.40. The van der Waals surface area contributed by atoms with Gasteiger partial charge in [0.2, 0.25) is 17.6 Å². The number of methoxy groups -OCH3 is 1. The quantitative estimate of drug-likeness (QED) is 0.467. The van der Waals surface area contributed by atoms with Crippen molar-refractivity contribution in [1.82, 2.24) is 25.3 Å². The lowest BCUT2D eigenvalue weighted by Gasteiger charge is -2.31. The average molecular weight is 530 g/mol. The SMILES string of the molecule is COC(=O)N[C@H](C(=O)N1CCC[C@H]1C(=O)N[C@H](C(=O)c1nn(-c2cccc(C)c2)c(=O)o1)C(C)C)C(C)C. The molecule has 1 aromatic heterocycles. The topological polar surface area (TPSA) is 153 Å². The number of aromatic nitrogens is 2. The van der Waals surface area contributed by atoms with Gasteiger partial charge in [-0.2, -0.15) is 4.68 Å². The monoisotopic (exact) mass is 529 g/mol.